The summed E-state index contributed by atoms with van der Waals surface area (Å²) in [6.45, 7) is 5.51. The Morgan fingerprint density at radius 3 is 2.41 bits per heavy atom. The maximum absolute atomic E-state index is 13.4. The van der Waals surface area contributed by atoms with Crippen molar-refractivity contribution in [2.75, 3.05) is 13.7 Å². The molecule has 3 aromatic rings. The Labute approximate surface area is 183 Å². The lowest BCUT2D eigenvalue weighted by Gasteiger charge is -2.11. The molecule has 3 rings (SSSR count). The molecule has 9 heteroatoms. The van der Waals surface area contributed by atoms with Crippen LogP contribution in [0.5, 0.6) is 5.88 Å². The minimum atomic E-state index is -4.54. The maximum Gasteiger partial charge on any atom is 0.416 e. The number of rotatable bonds is 6. The number of fused-ring (bicyclic) bond motifs is 1. The van der Waals surface area contributed by atoms with Crippen molar-refractivity contribution in [1.82, 2.24) is 9.99 Å². The predicted molar refractivity (Wildman–Crippen MR) is 116 cm³/mol. The quantitative estimate of drug-likeness (QED) is 0.419. The lowest BCUT2D eigenvalue weighted by molar-refractivity contribution is -0.137. The van der Waals surface area contributed by atoms with Crippen LogP contribution in [-0.2, 0) is 15.7 Å². The molecule has 1 heterocycles. The van der Waals surface area contributed by atoms with E-state index < -0.39 is 11.7 Å². The fourth-order valence-electron chi connectivity index (χ4n) is 3.60. The first-order chi connectivity index (χ1) is 15.0. The van der Waals surface area contributed by atoms with Crippen LogP contribution in [0.25, 0.3) is 16.6 Å². The van der Waals surface area contributed by atoms with Gasteiger partial charge in [-0.25, -0.2) is 5.43 Å². The molecule has 0 saturated heterocycles. The van der Waals surface area contributed by atoms with Crippen LogP contribution >= 0.6 is 0 Å². The minimum Gasteiger partial charge on any atom is -0.494 e. The summed E-state index contributed by atoms with van der Waals surface area (Å²) >= 11 is 0. The second kappa shape index (κ2) is 9.04. The zero-order chi connectivity index (χ0) is 23.6. The monoisotopic (exact) mass is 447 g/mol. The van der Waals surface area contributed by atoms with Crippen LogP contribution < -0.4 is 5.43 Å². The first-order valence-electron chi connectivity index (χ1n) is 9.88. The number of benzene rings is 2. The molecule has 170 valence electrons. The average Bonchev–Trinajstić information content (AvgIpc) is 3.00. The Kier molecular flexibility index (Phi) is 6.59. The number of halogens is 3. The SMILES string of the molecule is COCCC(=O)N/N=C(\C)c1c(O)n(-c2cc(C)cc(C)c2)c2cc(C(F)(F)F)ccc12. The highest BCUT2D eigenvalue weighted by molar-refractivity contribution is 6.13. The van der Waals surface area contributed by atoms with Gasteiger partial charge >= 0.3 is 6.18 Å². The van der Waals surface area contributed by atoms with Crippen LogP contribution in [-0.4, -0.2) is 35.0 Å². The van der Waals surface area contributed by atoms with Crippen LogP contribution in [0.4, 0.5) is 13.2 Å². The summed E-state index contributed by atoms with van der Waals surface area (Å²) < 4.78 is 46.4. The number of carbonyl (C=O) groups excluding carboxylic acids is 1. The smallest absolute Gasteiger partial charge is 0.416 e. The van der Waals surface area contributed by atoms with Crippen LogP contribution in [0.3, 0.4) is 0 Å². The van der Waals surface area contributed by atoms with E-state index in [1.165, 1.54) is 17.7 Å². The molecule has 2 aromatic carbocycles. The van der Waals surface area contributed by atoms with Gasteiger partial charge in [-0.2, -0.15) is 18.3 Å². The second-order valence-electron chi connectivity index (χ2n) is 7.58. The first kappa shape index (κ1) is 23.3. The first-order valence-corrected chi connectivity index (χ1v) is 9.88. The Morgan fingerprint density at radius 2 is 1.81 bits per heavy atom. The number of ether oxygens (including phenoxy) is 1. The van der Waals surface area contributed by atoms with E-state index in [1.807, 2.05) is 19.9 Å². The summed E-state index contributed by atoms with van der Waals surface area (Å²) in [4.78, 5) is 11.9. The molecule has 0 atom stereocenters. The highest BCUT2D eigenvalue weighted by Gasteiger charge is 2.32. The zero-order valence-electron chi connectivity index (χ0n) is 18.2. The highest BCUT2D eigenvalue weighted by Crippen LogP contribution is 2.39. The van der Waals surface area contributed by atoms with Gasteiger partial charge in [0.05, 0.1) is 35.4 Å². The second-order valence-corrected chi connectivity index (χ2v) is 7.58. The van der Waals surface area contributed by atoms with E-state index >= 15 is 0 Å². The molecule has 0 aliphatic heterocycles. The third kappa shape index (κ3) is 4.77. The standard InChI is InChI=1S/C23H24F3N3O3/c1-13-9-14(2)11-17(10-13)29-19-12-16(23(24,25)26)5-6-18(19)21(22(29)31)15(3)27-28-20(30)7-8-32-4/h5-6,9-12,31H,7-8H2,1-4H3,(H,28,30)/b27-15+. The number of carbonyl (C=O) groups is 1. The lowest BCUT2D eigenvalue weighted by atomic mass is 10.1. The number of hydrazone groups is 1. The predicted octanol–water partition coefficient (Wildman–Crippen LogP) is 4.85. The van der Waals surface area contributed by atoms with Gasteiger partial charge in [-0.05, 0) is 56.2 Å². The molecule has 0 aliphatic carbocycles. The maximum atomic E-state index is 13.4. The van der Waals surface area contributed by atoms with Crippen molar-refractivity contribution in [3.63, 3.8) is 0 Å². The van der Waals surface area contributed by atoms with Gasteiger partial charge < -0.3 is 9.84 Å². The number of aromatic hydroxyl groups is 1. The number of nitrogens with one attached hydrogen (secondary N) is 1. The van der Waals surface area contributed by atoms with Crippen LogP contribution in [0.2, 0.25) is 0 Å². The molecule has 0 spiro atoms. The molecule has 1 aromatic heterocycles. The number of alkyl halides is 3. The summed E-state index contributed by atoms with van der Waals surface area (Å²) in [6.07, 6.45) is -4.45. The van der Waals surface area contributed by atoms with Crippen molar-refractivity contribution in [3.8, 4) is 11.6 Å². The topological polar surface area (TPSA) is 75.8 Å². The van der Waals surface area contributed by atoms with Gasteiger partial charge in [0.25, 0.3) is 0 Å². The van der Waals surface area contributed by atoms with Crippen molar-refractivity contribution in [3.05, 3.63) is 58.7 Å². The van der Waals surface area contributed by atoms with Crippen molar-refractivity contribution in [2.45, 2.75) is 33.4 Å². The number of hydrogen-bond donors (Lipinski definition) is 2. The summed E-state index contributed by atoms with van der Waals surface area (Å²) in [5.74, 6) is -0.653. The van der Waals surface area contributed by atoms with E-state index in [2.05, 4.69) is 10.5 Å². The fraction of sp³-hybridized carbons (Fsp3) is 0.304. The van der Waals surface area contributed by atoms with E-state index in [0.29, 0.717) is 11.1 Å². The summed E-state index contributed by atoms with van der Waals surface area (Å²) in [6, 6.07) is 8.74. The summed E-state index contributed by atoms with van der Waals surface area (Å²) in [5, 5.41) is 15.5. The number of hydrogen-bond acceptors (Lipinski definition) is 4. The molecule has 0 bridgehead atoms. The molecule has 0 fully saturated rings. The van der Waals surface area contributed by atoms with Gasteiger partial charge in [0.2, 0.25) is 11.8 Å². The van der Waals surface area contributed by atoms with Gasteiger partial charge in [0.1, 0.15) is 0 Å². The molecule has 2 N–H and O–H groups in total. The molecule has 0 saturated carbocycles. The van der Waals surface area contributed by atoms with Crippen molar-refractivity contribution >= 4 is 22.5 Å². The lowest BCUT2D eigenvalue weighted by Crippen LogP contribution is -2.20. The van der Waals surface area contributed by atoms with Gasteiger partial charge in [-0.3, -0.25) is 9.36 Å². The molecular formula is C23H24F3N3O3. The van der Waals surface area contributed by atoms with Crippen LogP contribution in [0.15, 0.2) is 41.5 Å². The third-order valence-corrected chi connectivity index (χ3v) is 4.98. The van der Waals surface area contributed by atoms with Crippen molar-refractivity contribution < 1.29 is 27.8 Å². The number of aryl methyl sites for hydroxylation is 2. The number of amides is 1. The molecule has 0 radical (unpaired) electrons. The van der Waals surface area contributed by atoms with Crippen LogP contribution in [0, 0.1) is 13.8 Å². The van der Waals surface area contributed by atoms with E-state index in [4.69, 9.17) is 4.74 Å². The average molecular weight is 447 g/mol. The fourth-order valence-corrected chi connectivity index (χ4v) is 3.60. The van der Waals surface area contributed by atoms with Crippen molar-refractivity contribution in [1.29, 1.82) is 0 Å². The number of nitrogens with zero attached hydrogens (tertiary/aromatic N) is 2. The zero-order valence-corrected chi connectivity index (χ0v) is 18.2. The summed E-state index contributed by atoms with van der Waals surface area (Å²) in [5.41, 5.74) is 4.52. The molecule has 1 amide bonds. The Morgan fingerprint density at radius 1 is 1.16 bits per heavy atom. The van der Waals surface area contributed by atoms with E-state index in [9.17, 15) is 23.1 Å². The van der Waals surface area contributed by atoms with E-state index in [1.54, 1.807) is 19.1 Å². The van der Waals surface area contributed by atoms with E-state index in [-0.39, 0.29) is 41.6 Å². The number of aromatic nitrogens is 1. The third-order valence-electron chi connectivity index (χ3n) is 4.98. The molecule has 32 heavy (non-hydrogen) atoms. The van der Waals surface area contributed by atoms with E-state index in [0.717, 1.165) is 23.3 Å². The largest absolute Gasteiger partial charge is 0.494 e. The van der Waals surface area contributed by atoms with Gasteiger partial charge in [-0.15, -0.1) is 0 Å². The summed E-state index contributed by atoms with van der Waals surface area (Å²) in [7, 11) is 1.47. The van der Waals surface area contributed by atoms with Gasteiger partial charge in [0, 0.05) is 18.2 Å². The molecule has 6 nitrogen and oxygen atoms in total. The molecule has 0 aliphatic rings. The van der Waals surface area contributed by atoms with Crippen molar-refractivity contribution in [2.24, 2.45) is 5.10 Å². The van der Waals surface area contributed by atoms with Gasteiger partial charge in [0.15, 0.2) is 0 Å². The molecular weight excluding hydrogens is 423 g/mol. The van der Waals surface area contributed by atoms with Gasteiger partial charge in [-0.1, -0.05) is 12.1 Å². The minimum absolute atomic E-state index is 0.0958. The normalized spacial score (nSPS) is 12.4. The Bertz CT molecular complexity index is 1180. The molecule has 0 unspecified atom stereocenters. The Hall–Kier alpha value is -3.33. The Balaban J connectivity index is 2.21. The number of methoxy groups -OCH3 is 1. The van der Waals surface area contributed by atoms with Crippen LogP contribution in [0.1, 0.15) is 35.6 Å². The highest BCUT2D eigenvalue weighted by atomic mass is 19.4.